The molecule has 0 aromatic heterocycles. The van der Waals surface area contributed by atoms with Crippen LogP contribution < -0.4 is 10.0 Å². The number of esters is 1. The van der Waals surface area contributed by atoms with Gasteiger partial charge in [0.25, 0.3) is 0 Å². The number of nitrogens with zero attached hydrogens (tertiary/aromatic N) is 1. The van der Waals surface area contributed by atoms with Gasteiger partial charge in [-0.25, -0.2) is 8.42 Å². The lowest BCUT2D eigenvalue weighted by molar-refractivity contribution is -0.137. The van der Waals surface area contributed by atoms with Gasteiger partial charge in [-0.15, -0.1) is 0 Å². The predicted molar refractivity (Wildman–Crippen MR) is 70.1 cm³/mol. The highest BCUT2D eigenvalue weighted by atomic mass is 35.5. The molecule has 8 heteroatoms. The number of ether oxygens (including phenoxy) is 1. The SMILES string of the molecule is COC(=O)CS(=O)(=O)N(C)c1cc(Cl)ccc1N. The number of nitrogens with two attached hydrogens (primary N) is 1. The van der Waals surface area contributed by atoms with Crippen molar-refractivity contribution in [3.05, 3.63) is 23.2 Å². The van der Waals surface area contributed by atoms with Crippen LogP contribution in [0.4, 0.5) is 11.4 Å². The summed E-state index contributed by atoms with van der Waals surface area (Å²) in [7, 11) is -1.44. The van der Waals surface area contributed by atoms with Crippen molar-refractivity contribution in [1.82, 2.24) is 0 Å². The van der Waals surface area contributed by atoms with E-state index in [1.165, 1.54) is 19.2 Å². The molecule has 0 fully saturated rings. The lowest BCUT2D eigenvalue weighted by Crippen LogP contribution is -2.33. The Morgan fingerprint density at radius 1 is 1.50 bits per heavy atom. The lowest BCUT2D eigenvalue weighted by atomic mass is 10.3. The van der Waals surface area contributed by atoms with Gasteiger partial charge in [0.05, 0.1) is 18.5 Å². The average Bonchev–Trinajstić information content (AvgIpc) is 2.30. The molecule has 0 saturated carbocycles. The molecular weight excluding hydrogens is 280 g/mol. The minimum absolute atomic E-state index is 0.214. The minimum Gasteiger partial charge on any atom is -0.468 e. The molecule has 0 unspecified atom stereocenters. The fraction of sp³-hybridized carbons (Fsp3) is 0.300. The van der Waals surface area contributed by atoms with Crippen molar-refractivity contribution in [2.45, 2.75) is 0 Å². The fourth-order valence-corrected chi connectivity index (χ4v) is 2.48. The van der Waals surface area contributed by atoms with E-state index in [1.807, 2.05) is 0 Å². The number of hydrogen-bond acceptors (Lipinski definition) is 5. The Morgan fingerprint density at radius 2 is 2.11 bits per heavy atom. The molecule has 1 aromatic carbocycles. The molecule has 0 bridgehead atoms. The van der Waals surface area contributed by atoms with Gasteiger partial charge in [-0.3, -0.25) is 9.10 Å². The lowest BCUT2D eigenvalue weighted by Gasteiger charge is -2.20. The van der Waals surface area contributed by atoms with Crippen molar-refractivity contribution in [1.29, 1.82) is 0 Å². The van der Waals surface area contributed by atoms with Crippen LogP contribution in [0.2, 0.25) is 5.02 Å². The van der Waals surface area contributed by atoms with E-state index in [4.69, 9.17) is 17.3 Å². The van der Waals surface area contributed by atoms with E-state index in [0.29, 0.717) is 5.02 Å². The van der Waals surface area contributed by atoms with Crippen LogP contribution in [-0.2, 0) is 19.6 Å². The first-order chi connectivity index (χ1) is 8.27. The van der Waals surface area contributed by atoms with Gasteiger partial charge in [0.15, 0.2) is 5.75 Å². The maximum atomic E-state index is 11.9. The molecule has 0 aliphatic carbocycles. The first-order valence-corrected chi connectivity index (χ1v) is 6.85. The minimum atomic E-state index is -3.84. The zero-order valence-corrected chi connectivity index (χ0v) is 11.5. The van der Waals surface area contributed by atoms with Crippen molar-refractivity contribution < 1.29 is 17.9 Å². The molecule has 6 nitrogen and oxygen atoms in total. The van der Waals surface area contributed by atoms with Gasteiger partial charge in [0.1, 0.15) is 0 Å². The third-order valence-electron chi connectivity index (χ3n) is 2.28. The molecule has 0 radical (unpaired) electrons. The van der Waals surface area contributed by atoms with Crippen LogP contribution in [0.5, 0.6) is 0 Å². The van der Waals surface area contributed by atoms with E-state index in [9.17, 15) is 13.2 Å². The van der Waals surface area contributed by atoms with E-state index < -0.39 is 21.7 Å². The smallest absolute Gasteiger partial charge is 0.322 e. The number of halogens is 1. The molecule has 18 heavy (non-hydrogen) atoms. The van der Waals surface area contributed by atoms with Crippen LogP contribution in [0, 0.1) is 0 Å². The van der Waals surface area contributed by atoms with Gasteiger partial charge in [0, 0.05) is 12.1 Å². The third kappa shape index (κ3) is 3.27. The summed E-state index contributed by atoms with van der Waals surface area (Å²) < 4.78 is 29.0. The first kappa shape index (κ1) is 14.6. The van der Waals surface area contributed by atoms with Crippen LogP contribution in [-0.4, -0.2) is 34.3 Å². The number of methoxy groups -OCH3 is 1. The van der Waals surface area contributed by atoms with Gasteiger partial charge in [-0.2, -0.15) is 0 Å². The number of rotatable bonds is 4. The molecule has 1 aromatic rings. The van der Waals surface area contributed by atoms with E-state index in [2.05, 4.69) is 4.74 Å². The highest BCUT2D eigenvalue weighted by Crippen LogP contribution is 2.27. The molecule has 0 amide bonds. The normalized spacial score (nSPS) is 11.1. The second-order valence-electron chi connectivity index (χ2n) is 3.50. The maximum Gasteiger partial charge on any atom is 0.322 e. The van der Waals surface area contributed by atoms with Gasteiger partial charge < -0.3 is 10.5 Å². The van der Waals surface area contributed by atoms with Crippen molar-refractivity contribution in [2.24, 2.45) is 0 Å². The van der Waals surface area contributed by atoms with E-state index in [1.54, 1.807) is 6.07 Å². The third-order valence-corrected chi connectivity index (χ3v) is 4.14. The number of carbonyl (C=O) groups excluding carboxylic acids is 1. The molecule has 0 aliphatic rings. The summed E-state index contributed by atoms with van der Waals surface area (Å²) in [5, 5.41) is 0.347. The van der Waals surface area contributed by atoms with E-state index in [-0.39, 0.29) is 11.4 Å². The maximum absolute atomic E-state index is 11.9. The molecule has 1 rings (SSSR count). The summed E-state index contributed by atoms with van der Waals surface area (Å²) in [6.45, 7) is 0. The Morgan fingerprint density at radius 3 is 2.67 bits per heavy atom. The first-order valence-electron chi connectivity index (χ1n) is 4.86. The second-order valence-corrected chi connectivity index (χ2v) is 5.94. The van der Waals surface area contributed by atoms with Crippen LogP contribution in [0.1, 0.15) is 0 Å². The molecule has 0 aliphatic heterocycles. The number of anilines is 2. The molecule has 0 spiro atoms. The summed E-state index contributed by atoms with van der Waals surface area (Å²) >= 11 is 5.78. The topological polar surface area (TPSA) is 89.7 Å². The molecule has 100 valence electrons. The molecule has 0 saturated heterocycles. The standard InChI is InChI=1S/C10H13ClN2O4S/c1-13(18(15,16)6-10(14)17-2)9-5-7(11)3-4-8(9)12/h3-5H,6,12H2,1-2H3. The van der Waals surface area contributed by atoms with Crippen LogP contribution >= 0.6 is 11.6 Å². The highest BCUT2D eigenvalue weighted by molar-refractivity contribution is 7.93. The Balaban J connectivity index is 3.09. The van der Waals surface area contributed by atoms with E-state index in [0.717, 1.165) is 11.4 Å². The zero-order chi connectivity index (χ0) is 13.9. The fourth-order valence-electron chi connectivity index (χ4n) is 1.24. The highest BCUT2D eigenvalue weighted by Gasteiger charge is 2.24. The average molecular weight is 293 g/mol. The van der Waals surface area contributed by atoms with Gasteiger partial charge in [-0.1, -0.05) is 11.6 Å². The predicted octanol–water partition coefficient (Wildman–Crippen LogP) is 0.861. The van der Waals surface area contributed by atoms with Gasteiger partial charge in [0.2, 0.25) is 10.0 Å². The largest absolute Gasteiger partial charge is 0.468 e. The van der Waals surface area contributed by atoms with Crippen LogP contribution in [0.25, 0.3) is 0 Å². The Kier molecular flexibility index (Phi) is 4.42. The second kappa shape index (κ2) is 5.45. The van der Waals surface area contributed by atoms with Gasteiger partial charge >= 0.3 is 5.97 Å². The van der Waals surface area contributed by atoms with Crippen molar-refractivity contribution in [3.8, 4) is 0 Å². The number of sulfonamides is 1. The monoisotopic (exact) mass is 292 g/mol. The Hall–Kier alpha value is -1.47. The summed E-state index contributed by atoms with van der Waals surface area (Å²) in [6.07, 6.45) is 0. The van der Waals surface area contributed by atoms with Gasteiger partial charge in [-0.05, 0) is 18.2 Å². The van der Waals surface area contributed by atoms with Crippen LogP contribution in [0.15, 0.2) is 18.2 Å². The summed E-state index contributed by atoms with van der Waals surface area (Å²) in [5.41, 5.74) is 6.13. The number of hydrogen-bond donors (Lipinski definition) is 1. The number of carbonyl (C=O) groups is 1. The summed E-state index contributed by atoms with van der Waals surface area (Å²) in [6, 6.07) is 4.44. The molecule has 0 heterocycles. The summed E-state index contributed by atoms with van der Waals surface area (Å²) in [4.78, 5) is 11.0. The van der Waals surface area contributed by atoms with Crippen molar-refractivity contribution in [3.63, 3.8) is 0 Å². The molecule has 0 atom stereocenters. The molecular formula is C10H13ClN2O4S. The van der Waals surface area contributed by atoms with Crippen molar-refractivity contribution in [2.75, 3.05) is 29.9 Å². The summed E-state index contributed by atoms with van der Waals surface area (Å²) in [5.74, 6) is -1.60. The number of benzene rings is 1. The van der Waals surface area contributed by atoms with E-state index >= 15 is 0 Å². The number of nitrogen functional groups attached to an aromatic ring is 1. The van der Waals surface area contributed by atoms with Crippen LogP contribution in [0.3, 0.4) is 0 Å². The Labute approximate surface area is 110 Å². The zero-order valence-electron chi connectivity index (χ0n) is 9.88. The Bertz CT molecular complexity index is 559. The quantitative estimate of drug-likeness (QED) is 0.657. The molecule has 2 N–H and O–H groups in total. The van der Waals surface area contributed by atoms with Crippen molar-refractivity contribution >= 4 is 39.0 Å².